The maximum atomic E-state index is 12.1. The average molecular weight is 249 g/mol. The van der Waals surface area contributed by atoms with Gasteiger partial charge in [-0.1, -0.05) is 0 Å². The lowest BCUT2D eigenvalue weighted by atomic mass is 10.1. The fraction of sp³-hybridized carbons (Fsp3) is 0.667. The van der Waals surface area contributed by atoms with E-state index in [4.69, 9.17) is 4.42 Å². The molecule has 1 aromatic heterocycles. The van der Waals surface area contributed by atoms with Crippen LogP contribution >= 0.6 is 0 Å². The minimum Gasteiger partial charge on any atom is -0.469 e. The van der Waals surface area contributed by atoms with Crippen molar-refractivity contribution >= 4 is 0 Å². The van der Waals surface area contributed by atoms with E-state index < -0.39 is 18.6 Å². The second-order valence-electron chi connectivity index (χ2n) is 4.41. The Morgan fingerprint density at radius 2 is 2.00 bits per heavy atom. The highest BCUT2D eigenvalue weighted by Gasteiger charge is 2.30. The molecule has 0 amide bonds. The van der Waals surface area contributed by atoms with Gasteiger partial charge >= 0.3 is 6.18 Å². The molecular weight excluding hydrogens is 231 g/mol. The number of alkyl halides is 3. The normalized spacial score (nSPS) is 15.8. The number of halogens is 3. The molecule has 0 aliphatic rings. The molecule has 1 rings (SSSR count). The first kappa shape index (κ1) is 14.1. The van der Waals surface area contributed by atoms with Gasteiger partial charge in [0.2, 0.25) is 0 Å². The third-order valence-electron chi connectivity index (χ3n) is 2.51. The summed E-state index contributed by atoms with van der Waals surface area (Å²) < 4.78 is 41.5. The summed E-state index contributed by atoms with van der Waals surface area (Å²) >= 11 is 0. The summed E-state index contributed by atoms with van der Waals surface area (Å²) in [5.74, 6) is 0.863. The number of aryl methyl sites for hydroxylation is 1. The molecular formula is C12H18F3NO. The number of hydrogen-bond acceptors (Lipinski definition) is 2. The minimum absolute atomic E-state index is 0.0393. The second kappa shape index (κ2) is 6.10. The Labute approximate surface area is 99.2 Å². The molecule has 2 nitrogen and oxygen atoms in total. The number of nitrogens with one attached hydrogen (secondary N) is 1. The van der Waals surface area contributed by atoms with E-state index in [1.807, 2.05) is 13.0 Å². The molecule has 17 heavy (non-hydrogen) atoms. The summed E-state index contributed by atoms with van der Waals surface area (Å²) in [4.78, 5) is 0. The molecule has 0 saturated heterocycles. The van der Waals surface area contributed by atoms with Crippen LogP contribution in [0.15, 0.2) is 22.8 Å². The molecule has 1 N–H and O–H groups in total. The van der Waals surface area contributed by atoms with Crippen LogP contribution in [0.5, 0.6) is 0 Å². The van der Waals surface area contributed by atoms with Crippen molar-refractivity contribution in [3.05, 3.63) is 24.2 Å². The zero-order valence-electron chi connectivity index (χ0n) is 10.1. The molecule has 0 bridgehead atoms. The molecule has 0 saturated carbocycles. The fourth-order valence-corrected chi connectivity index (χ4v) is 1.79. The summed E-state index contributed by atoms with van der Waals surface area (Å²) in [6.45, 7) is 3.44. The maximum absolute atomic E-state index is 12.1. The van der Waals surface area contributed by atoms with E-state index in [1.54, 1.807) is 19.3 Å². The monoisotopic (exact) mass is 249 g/mol. The molecule has 98 valence electrons. The molecule has 1 heterocycles. The summed E-state index contributed by atoms with van der Waals surface area (Å²) in [5, 5.41) is 2.94. The predicted molar refractivity (Wildman–Crippen MR) is 59.8 cm³/mol. The molecule has 1 aromatic rings. The average Bonchev–Trinajstić information content (AvgIpc) is 2.63. The van der Waals surface area contributed by atoms with Gasteiger partial charge in [0.05, 0.1) is 12.7 Å². The Bertz CT molecular complexity index is 308. The van der Waals surface area contributed by atoms with Gasteiger partial charge in [0.1, 0.15) is 5.76 Å². The van der Waals surface area contributed by atoms with Gasteiger partial charge in [0.15, 0.2) is 0 Å². The van der Waals surface area contributed by atoms with Gasteiger partial charge in [0, 0.05) is 18.5 Å². The Balaban J connectivity index is 2.22. The van der Waals surface area contributed by atoms with Crippen LogP contribution in [0.1, 0.15) is 32.4 Å². The largest absolute Gasteiger partial charge is 0.469 e. The van der Waals surface area contributed by atoms with Crippen molar-refractivity contribution < 1.29 is 17.6 Å². The maximum Gasteiger partial charge on any atom is 0.390 e. The topological polar surface area (TPSA) is 25.2 Å². The van der Waals surface area contributed by atoms with E-state index in [2.05, 4.69) is 5.32 Å². The molecule has 5 heteroatoms. The number of hydrogen-bond donors (Lipinski definition) is 1. The molecule has 2 atom stereocenters. The van der Waals surface area contributed by atoms with Gasteiger partial charge in [-0.05, 0) is 32.4 Å². The first-order chi connectivity index (χ1) is 7.87. The van der Waals surface area contributed by atoms with E-state index in [9.17, 15) is 13.2 Å². The fourth-order valence-electron chi connectivity index (χ4n) is 1.79. The Kier molecular flexibility index (Phi) is 5.05. The molecule has 0 radical (unpaired) electrons. The first-order valence-corrected chi connectivity index (χ1v) is 5.72. The Hall–Kier alpha value is -0.970. The summed E-state index contributed by atoms with van der Waals surface area (Å²) in [6.07, 6.45) is -1.80. The highest BCUT2D eigenvalue weighted by molar-refractivity contribution is 4.98. The molecule has 2 unspecified atom stereocenters. The van der Waals surface area contributed by atoms with E-state index in [0.717, 1.165) is 18.6 Å². The van der Waals surface area contributed by atoms with Crippen LogP contribution in [0.3, 0.4) is 0 Å². The third-order valence-corrected chi connectivity index (χ3v) is 2.51. The predicted octanol–water partition coefficient (Wildman–Crippen LogP) is 3.53. The lowest BCUT2D eigenvalue weighted by Crippen LogP contribution is -2.37. The summed E-state index contributed by atoms with van der Waals surface area (Å²) in [7, 11) is 0. The van der Waals surface area contributed by atoms with Crippen LogP contribution in [0.4, 0.5) is 13.2 Å². The first-order valence-electron chi connectivity index (χ1n) is 5.72. The number of rotatable bonds is 6. The lowest BCUT2D eigenvalue weighted by Gasteiger charge is -2.20. The van der Waals surface area contributed by atoms with Crippen LogP contribution in [0.25, 0.3) is 0 Å². The van der Waals surface area contributed by atoms with E-state index in [0.29, 0.717) is 0 Å². The van der Waals surface area contributed by atoms with Gasteiger partial charge < -0.3 is 9.73 Å². The highest BCUT2D eigenvalue weighted by Crippen LogP contribution is 2.21. The van der Waals surface area contributed by atoms with Crippen molar-refractivity contribution in [2.45, 2.75) is 51.4 Å². The summed E-state index contributed by atoms with van der Waals surface area (Å²) in [6, 6.07) is 3.16. The van der Waals surface area contributed by atoms with Gasteiger partial charge in [-0.3, -0.25) is 0 Å². The molecule has 0 spiro atoms. The smallest absolute Gasteiger partial charge is 0.390 e. The molecule has 0 aliphatic heterocycles. The molecule has 0 aromatic carbocycles. The van der Waals surface area contributed by atoms with Crippen LogP contribution in [-0.2, 0) is 6.42 Å². The molecule has 0 fully saturated rings. The Morgan fingerprint density at radius 1 is 1.29 bits per heavy atom. The Morgan fingerprint density at radius 3 is 2.53 bits per heavy atom. The van der Waals surface area contributed by atoms with Crippen molar-refractivity contribution in [3.8, 4) is 0 Å². The highest BCUT2D eigenvalue weighted by atomic mass is 19.4. The molecule has 0 aliphatic carbocycles. The van der Waals surface area contributed by atoms with Gasteiger partial charge in [-0.25, -0.2) is 0 Å². The third kappa shape index (κ3) is 6.36. The second-order valence-corrected chi connectivity index (χ2v) is 4.41. The van der Waals surface area contributed by atoms with Crippen LogP contribution in [0.2, 0.25) is 0 Å². The van der Waals surface area contributed by atoms with Crippen molar-refractivity contribution in [1.82, 2.24) is 5.32 Å². The quantitative estimate of drug-likeness (QED) is 0.834. The van der Waals surface area contributed by atoms with Crippen LogP contribution in [-0.4, -0.2) is 18.3 Å². The van der Waals surface area contributed by atoms with Gasteiger partial charge in [-0.2, -0.15) is 13.2 Å². The standard InChI is InChI=1S/C12H18F3NO/c1-9(5-6-11-4-3-7-17-11)16-10(2)8-12(13,14)15/h3-4,7,9-10,16H,5-6,8H2,1-2H3. The van der Waals surface area contributed by atoms with Crippen LogP contribution < -0.4 is 5.32 Å². The van der Waals surface area contributed by atoms with Gasteiger partial charge in [0.25, 0.3) is 0 Å². The van der Waals surface area contributed by atoms with E-state index in [1.165, 1.54) is 0 Å². The SMILES string of the molecule is CC(CCc1ccco1)NC(C)CC(F)(F)F. The van der Waals surface area contributed by atoms with E-state index in [-0.39, 0.29) is 6.04 Å². The zero-order valence-corrected chi connectivity index (χ0v) is 10.1. The van der Waals surface area contributed by atoms with Crippen molar-refractivity contribution in [1.29, 1.82) is 0 Å². The van der Waals surface area contributed by atoms with E-state index >= 15 is 0 Å². The van der Waals surface area contributed by atoms with Gasteiger partial charge in [-0.15, -0.1) is 0 Å². The van der Waals surface area contributed by atoms with Crippen LogP contribution in [0, 0.1) is 0 Å². The van der Waals surface area contributed by atoms with Crippen molar-refractivity contribution in [2.75, 3.05) is 0 Å². The number of furan rings is 1. The lowest BCUT2D eigenvalue weighted by molar-refractivity contribution is -0.139. The minimum atomic E-state index is -4.10. The van der Waals surface area contributed by atoms with Crippen molar-refractivity contribution in [3.63, 3.8) is 0 Å². The van der Waals surface area contributed by atoms with Crippen molar-refractivity contribution in [2.24, 2.45) is 0 Å². The summed E-state index contributed by atoms with van der Waals surface area (Å²) in [5.41, 5.74) is 0. The zero-order chi connectivity index (χ0) is 12.9.